The lowest BCUT2D eigenvalue weighted by Crippen LogP contribution is -2.12. The Bertz CT molecular complexity index is 110. The summed E-state index contributed by atoms with van der Waals surface area (Å²) in [5.41, 5.74) is 2.79. The highest BCUT2D eigenvalue weighted by Crippen LogP contribution is 1.81. The highest BCUT2D eigenvalue weighted by molar-refractivity contribution is 6.29. The zero-order chi connectivity index (χ0) is 5.11. The zero-order valence-corrected chi connectivity index (χ0v) is 3.55. The molecule has 0 aliphatic carbocycles. The standard InChI is InChI=1S/C3H4N2O2/c6-2-3-1-4-7-5-3/h2,4H,1H2. The first-order valence-corrected chi connectivity index (χ1v) is 1.84. The lowest BCUT2D eigenvalue weighted by molar-refractivity contribution is -0.102. The van der Waals surface area contributed by atoms with Crippen molar-refractivity contribution in [3.8, 4) is 0 Å². The summed E-state index contributed by atoms with van der Waals surface area (Å²) in [6, 6.07) is 0. The van der Waals surface area contributed by atoms with Crippen LogP contribution in [0.15, 0.2) is 5.16 Å². The van der Waals surface area contributed by atoms with E-state index in [0.717, 1.165) is 0 Å². The molecule has 0 bridgehead atoms. The van der Waals surface area contributed by atoms with Gasteiger partial charge in [-0.1, -0.05) is 5.16 Å². The van der Waals surface area contributed by atoms with Gasteiger partial charge in [-0.3, -0.25) is 9.73 Å². The summed E-state index contributed by atoms with van der Waals surface area (Å²) >= 11 is 0. The maximum absolute atomic E-state index is 9.76. The van der Waals surface area contributed by atoms with Gasteiger partial charge in [0.2, 0.25) is 0 Å². The second-order valence-electron chi connectivity index (χ2n) is 1.11. The number of nitrogens with zero attached hydrogens (tertiary/aromatic N) is 1. The van der Waals surface area contributed by atoms with Gasteiger partial charge in [0.05, 0.1) is 6.54 Å². The summed E-state index contributed by atoms with van der Waals surface area (Å²) in [7, 11) is 0. The van der Waals surface area contributed by atoms with Crippen molar-refractivity contribution in [1.29, 1.82) is 0 Å². The van der Waals surface area contributed by atoms with Crippen LogP contribution in [0.2, 0.25) is 0 Å². The second kappa shape index (κ2) is 1.70. The summed E-state index contributed by atoms with van der Waals surface area (Å²) in [5, 5.41) is 3.29. The fourth-order valence-corrected chi connectivity index (χ4v) is 0.293. The molecule has 0 unspecified atom stereocenters. The van der Waals surface area contributed by atoms with Crippen molar-refractivity contribution in [1.82, 2.24) is 5.48 Å². The average Bonchev–Trinajstić information content (AvgIpc) is 2.14. The molecule has 38 valence electrons. The molecule has 4 nitrogen and oxygen atoms in total. The third-order valence-corrected chi connectivity index (χ3v) is 0.617. The lowest BCUT2D eigenvalue weighted by Gasteiger charge is -1.78. The zero-order valence-electron chi connectivity index (χ0n) is 3.55. The average molecular weight is 100 g/mol. The summed E-state index contributed by atoms with van der Waals surface area (Å²) in [6.45, 7) is 0.420. The van der Waals surface area contributed by atoms with E-state index in [9.17, 15) is 4.79 Å². The molecule has 4 heteroatoms. The summed E-state index contributed by atoms with van der Waals surface area (Å²) in [4.78, 5) is 14.0. The van der Waals surface area contributed by atoms with Crippen molar-refractivity contribution < 1.29 is 9.73 Å². The topological polar surface area (TPSA) is 50.7 Å². The van der Waals surface area contributed by atoms with Crippen LogP contribution in [0.4, 0.5) is 0 Å². The maximum Gasteiger partial charge on any atom is 0.169 e. The van der Waals surface area contributed by atoms with Gasteiger partial charge < -0.3 is 0 Å². The molecular weight excluding hydrogens is 96.0 g/mol. The molecule has 0 saturated heterocycles. The van der Waals surface area contributed by atoms with Gasteiger partial charge in [0.1, 0.15) is 5.71 Å². The minimum absolute atomic E-state index is 0.403. The highest BCUT2D eigenvalue weighted by atomic mass is 16.8. The third kappa shape index (κ3) is 0.747. The van der Waals surface area contributed by atoms with Gasteiger partial charge in [0.15, 0.2) is 6.29 Å². The van der Waals surface area contributed by atoms with E-state index in [2.05, 4.69) is 15.6 Å². The van der Waals surface area contributed by atoms with E-state index in [4.69, 9.17) is 0 Å². The SMILES string of the molecule is O=CC1=NONC1. The van der Waals surface area contributed by atoms with Crippen LogP contribution >= 0.6 is 0 Å². The minimum Gasteiger partial charge on any atom is -0.299 e. The van der Waals surface area contributed by atoms with Crippen molar-refractivity contribution in [2.75, 3.05) is 6.54 Å². The molecule has 1 heterocycles. The van der Waals surface area contributed by atoms with E-state index in [1.165, 1.54) is 0 Å². The van der Waals surface area contributed by atoms with Gasteiger partial charge in [0.25, 0.3) is 0 Å². The van der Waals surface area contributed by atoms with E-state index in [1.807, 2.05) is 0 Å². The summed E-state index contributed by atoms with van der Waals surface area (Å²) in [5.74, 6) is 0. The summed E-state index contributed by atoms with van der Waals surface area (Å²) < 4.78 is 0. The third-order valence-electron chi connectivity index (χ3n) is 0.617. The quantitative estimate of drug-likeness (QED) is 0.433. The van der Waals surface area contributed by atoms with Crippen LogP contribution in [-0.4, -0.2) is 18.5 Å². The lowest BCUT2D eigenvalue weighted by atomic mass is 10.4. The smallest absolute Gasteiger partial charge is 0.169 e. The number of oxime groups is 1. The van der Waals surface area contributed by atoms with Crippen molar-refractivity contribution in [2.45, 2.75) is 0 Å². The molecule has 0 radical (unpaired) electrons. The molecule has 0 aromatic carbocycles. The Balaban J connectivity index is 2.51. The molecule has 0 aromatic rings. The largest absolute Gasteiger partial charge is 0.299 e. The predicted octanol–water partition coefficient (Wildman–Crippen LogP) is -0.924. The molecule has 1 aliphatic rings. The van der Waals surface area contributed by atoms with Crippen LogP contribution in [0.1, 0.15) is 0 Å². The van der Waals surface area contributed by atoms with Gasteiger partial charge in [0, 0.05) is 0 Å². The number of carbonyl (C=O) groups is 1. The monoisotopic (exact) mass is 100 g/mol. The van der Waals surface area contributed by atoms with Crippen molar-refractivity contribution in [3.05, 3.63) is 0 Å². The first-order valence-electron chi connectivity index (χ1n) is 1.84. The maximum atomic E-state index is 9.76. The van der Waals surface area contributed by atoms with Gasteiger partial charge in [-0.15, -0.1) is 5.48 Å². The molecule has 1 aliphatic heterocycles. The van der Waals surface area contributed by atoms with Crippen LogP contribution < -0.4 is 5.48 Å². The molecular formula is C3H4N2O2. The Hall–Kier alpha value is -0.900. The van der Waals surface area contributed by atoms with Crippen molar-refractivity contribution in [3.63, 3.8) is 0 Å². The molecule has 0 atom stereocenters. The fourth-order valence-electron chi connectivity index (χ4n) is 0.293. The Morgan fingerprint density at radius 1 is 2.00 bits per heavy atom. The van der Waals surface area contributed by atoms with Gasteiger partial charge in [-0.2, -0.15) is 0 Å². The van der Waals surface area contributed by atoms with E-state index in [-0.39, 0.29) is 0 Å². The second-order valence-corrected chi connectivity index (χ2v) is 1.11. The minimum atomic E-state index is 0.403. The van der Waals surface area contributed by atoms with Gasteiger partial charge in [-0.05, 0) is 0 Å². The van der Waals surface area contributed by atoms with E-state index < -0.39 is 0 Å². The number of aldehydes is 1. The van der Waals surface area contributed by atoms with Crippen molar-refractivity contribution >= 4 is 12.0 Å². The van der Waals surface area contributed by atoms with E-state index >= 15 is 0 Å². The van der Waals surface area contributed by atoms with Crippen LogP contribution in [0.3, 0.4) is 0 Å². The number of hydrogen-bond acceptors (Lipinski definition) is 4. The fraction of sp³-hybridized carbons (Fsp3) is 0.333. The molecule has 0 spiro atoms. The highest BCUT2D eigenvalue weighted by Gasteiger charge is 2.02. The Kier molecular flexibility index (Phi) is 1.04. The number of hydrogen-bond donors (Lipinski definition) is 1. The Labute approximate surface area is 40.1 Å². The van der Waals surface area contributed by atoms with Crippen LogP contribution in [0, 0.1) is 0 Å². The first kappa shape index (κ1) is 4.26. The molecule has 0 fully saturated rings. The Morgan fingerprint density at radius 2 is 2.86 bits per heavy atom. The number of carbonyl (C=O) groups excluding carboxylic acids is 1. The van der Waals surface area contributed by atoms with Crippen LogP contribution in [-0.2, 0) is 9.73 Å². The molecule has 7 heavy (non-hydrogen) atoms. The van der Waals surface area contributed by atoms with Crippen molar-refractivity contribution in [2.24, 2.45) is 5.16 Å². The molecule has 1 N–H and O–H groups in total. The number of rotatable bonds is 1. The summed E-state index contributed by atoms with van der Waals surface area (Å²) in [6.07, 6.45) is 0.653. The normalized spacial score (nSPS) is 18.0. The number of hydroxylamine groups is 1. The van der Waals surface area contributed by atoms with Crippen LogP contribution in [0.25, 0.3) is 0 Å². The molecule has 0 aromatic heterocycles. The number of nitrogens with one attached hydrogen (secondary N) is 1. The van der Waals surface area contributed by atoms with Gasteiger partial charge in [-0.25, -0.2) is 0 Å². The molecule has 1 rings (SSSR count). The molecule has 0 amide bonds. The van der Waals surface area contributed by atoms with E-state index in [1.54, 1.807) is 0 Å². The van der Waals surface area contributed by atoms with Crippen LogP contribution in [0.5, 0.6) is 0 Å². The molecule has 0 saturated carbocycles. The van der Waals surface area contributed by atoms with Gasteiger partial charge >= 0.3 is 0 Å². The first-order chi connectivity index (χ1) is 3.43. The predicted molar refractivity (Wildman–Crippen MR) is 22.6 cm³/mol. The Morgan fingerprint density at radius 3 is 3.14 bits per heavy atom. The van der Waals surface area contributed by atoms with E-state index in [0.29, 0.717) is 18.5 Å².